The molecule has 0 bridgehead atoms. The molecule has 1 fully saturated rings. The summed E-state index contributed by atoms with van der Waals surface area (Å²) < 4.78 is 13.0. The molecule has 18 heavy (non-hydrogen) atoms. The molecule has 0 unspecified atom stereocenters. The Bertz CT molecular complexity index is 505. The zero-order valence-corrected chi connectivity index (χ0v) is 9.67. The summed E-state index contributed by atoms with van der Waals surface area (Å²) in [7, 11) is 0. The second kappa shape index (κ2) is 5.00. The summed E-state index contributed by atoms with van der Waals surface area (Å²) in [5.74, 6) is 0. The summed E-state index contributed by atoms with van der Waals surface area (Å²) >= 11 is 0. The predicted molar refractivity (Wildman–Crippen MR) is 64.2 cm³/mol. The lowest BCUT2D eigenvalue weighted by Gasteiger charge is -2.30. The summed E-state index contributed by atoms with van der Waals surface area (Å²) in [5, 5.41) is 19.7. The zero-order chi connectivity index (χ0) is 13.1. The minimum Gasteiger partial charge on any atom is -0.366 e. The van der Waals surface area contributed by atoms with Crippen LogP contribution < -0.4 is 4.90 Å². The van der Waals surface area contributed by atoms with Crippen molar-refractivity contribution in [2.75, 3.05) is 18.0 Å². The molecule has 1 aliphatic rings. The lowest BCUT2D eigenvalue weighted by atomic mass is 10.1. The fraction of sp³-hybridized carbons (Fsp3) is 0.417. The number of halogens is 1. The number of nitro benzene ring substituents is 1. The van der Waals surface area contributed by atoms with Crippen molar-refractivity contribution >= 4 is 11.4 Å². The van der Waals surface area contributed by atoms with E-state index in [1.165, 1.54) is 6.07 Å². The van der Waals surface area contributed by atoms with E-state index in [0.29, 0.717) is 31.6 Å². The second-order valence-electron chi connectivity index (χ2n) is 4.23. The number of piperidine rings is 1. The van der Waals surface area contributed by atoms with Crippen LogP contribution in [0.5, 0.6) is 0 Å². The van der Waals surface area contributed by atoms with Crippen molar-refractivity contribution in [1.29, 1.82) is 5.26 Å². The maximum Gasteiger partial charge on any atom is 0.293 e. The number of nitriles is 1. The number of hydrogen-bond acceptors (Lipinski definition) is 4. The van der Waals surface area contributed by atoms with Crippen molar-refractivity contribution in [2.24, 2.45) is 0 Å². The van der Waals surface area contributed by atoms with E-state index in [1.54, 1.807) is 17.0 Å². The Morgan fingerprint density at radius 2 is 2.11 bits per heavy atom. The Balaban J connectivity index is 2.32. The Hall–Kier alpha value is -2.16. The molecular formula is C12H12FN3O2. The molecule has 0 spiro atoms. The molecule has 1 aromatic carbocycles. The molecule has 2 rings (SSSR count). The van der Waals surface area contributed by atoms with Gasteiger partial charge in [-0.3, -0.25) is 10.1 Å². The van der Waals surface area contributed by atoms with Crippen molar-refractivity contribution in [2.45, 2.75) is 19.0 Å². The molecule has 0 amide bonds. The molecule has 94 valence electrons. The van der Waals surface area contributed by atoms with Gasteiger partial charge in [0.25, 0.3) is 5.69 Å². The van der Waals surface area contributed by atoms with Gasteiger partial charge in [-0.1, -0.05) is 0 Å². The number of hydrogen-bond donors (Lipinski definition) is 0. The fourth-order valence-electron chi connectivity index (χ4n) is 2.10. The summed E-state index contributed by atoms with van der Waals surface area (Å²) in [6, 6.07) is 6.25. The smallest absolute Gasteiger partial charge is 0.293 e. The van der Waals surface area contributed by atoms with Crippen LogP contribution in [0.2, 0.25) is 0 Å². The SMILES string of the molecule is N#Cc1ccc(N2CCC(F)CC2)c([N+](=O)[O-])c1. The van der Waals surface area contributed by atoms with Crippen LogP contribution in [0.15, 0.2) is 18.2 Å². The zero-order valence-electron chi connectivity index (χ0n) is 9.67. The molecule has 1 heterocycles. The van der Waals surface area contributed by atoms with Crippen LogP contribution >= 0.6 is 0 Å². The van der Waals surface area contributed by atoms with Crippen molar-refractivity contribution in [3.63, 3.8) is 0 Å². The van der Waals surface area contributed by atoms with Gasteiger partial charge in [-0.05, 0) is 25.0 Å². The van der Waals surface area contributed by atoms with Gasteiger partial charge in [0.15, 0.2) is 0 Å². The number of alkyl halides is 1. The molecule has 6 heteroatoms. The number of anilines is 1. The summed E-state index contributed by atoms with van der Waals surface area (Å²) in [4.78, 5) is 12.3. The summed E-state index contributed by atoms with van der Waals surface area (Å²) in [6.07, 6.45) is -0.0485. The first-order valence-electron chi connectivity index (χ1n) is 5.69. The van der Waals surface area contributed by atoms with E-state index in [2.05, 4.69) is 0 Å². The molecule has 0 aromatic heterocycles. The Labute approximate surface area is 104 Å². The van der Waals surface area contributed by atoms with Crippen LogP contribution in [-0.4, -0.2) is 24.2 Å². The molecule has 1 saturated heterocycles. The number of nitro groups is 1. The maximum absolute atomic E-state index is 13.0. The number of nitrogens with zero attached hydrogens (tertiary/aromatic N) is 3. The maximum atomic E-state index is 13.0. The molecule has 0 saturated carbocycles. The van der Waals surface area contributed by atoms with E-state index in [9.17, 15) is 14.5 Å². The minimum absolute atomic E-state index is 0.0913. The topological polar surface area (TPSA) is 70.2 Å². The molecule has 0 radical (unpaired) electrons. The van der Waals surface area contributed by atoms with Crippen molar-refractivity contribution in [3.05, 3.63) is 33.9 Å². The van der Waals surface area contributed by atoms with Crippen LogP contribution in [0.25, 0.3) is 0 Å². The van der Waals surface area contributed by atoms with E-state index < -0.39 is 11.1 Å². The molecule has 0 N–H and O–H groups in total. The first kappa shape index (κ1) is 12.3. The first-order valence-corrected chi connectivity index (χ1v) is 5.69. The normalized spacial score (nSPS) is 16.3. The number of rotatable bonds is 2. The van der Waals surface area contributed by atoms with Gasteiger partial charge in [-0.15, -0.1) is 0 Å². The first-order chi connectivity index (χ1) is 8.61. The lowest BCUT2D eigenvalue weighted by Crippen LogP contribution is -2.34. The Kier molecular flexibility index (Phi) is 3.42. The highest BCUT2D eigenvalue weighted by atomic mass is 19.1. The van der Waals surface area contributed by atoms with Gasteiger partial charge in [0.1, 0.15) is 11.9 Å². The third-order valence-corrected chi connectivity index (χ3v) is 3.07. The van der Waals surface area contributed by atoms with Gasteiger partial charge < -0.3 is 4.90 Å². The van der Waals surface area contributed by atoms with Crippen LogP contribution in [0.4, 0.5) is 15.8 Å². The van der Waals surface area contributed by atoms with Crippen molar-refractivity contribution in [3.8, 4) is 6.07 Å². The third-order valence-electron chi connectivity index (χ3n) is 3.07. The molecule has 0 aliphatic carbocycles. The van der Waals surface area contributed by atoms with E-state index in [1.807, 2.05) is 6.07 Å². The van der Waals surface area contributed by atoms with E-state index in [-0.39, 0.29) is 11.3 Å². The van der Waals surface area contributed by atoms with Gasteiger partial charge in [-0.2, -0.15) is 5.26 Å². The van der Waals surface area contributed by atoms with Gasteiger partial charge in [0.2, 0.25) is 0 Å². The van der Waals surface area contributed by atoms with Gasteiger partial charge in [0.05, 0.1) is 16.6 Å². The second-order valence-corrected chi connectivity index (χ2v) is 4.23. The average molecular weight is 249 g/mol. The van der Waals surface area contributed by atoms with Crippen LogP contribution in [0.3, 0.4) is 0 Å². The molecule has 1 aromatic rings. The summed E-state index contributed by atoms with van der Waals surface area (Å²) in [5.41, 5.74) is 0.628. The fourth-order valence-corrected chi connectivity index (χ4v) is 2.10. The molecule has 1 aliphatic heterocycles. The molecule has 0 atom stereocenters. The van der Waals surface area contributed by atoms with Gasteiger partial charge >= 0.3 is 0 Å². The molecular weight excluding hydrogens is 237 g/mol. The quantitative estimate of drug-likeness (QED) is 0.596. The third kappa shape index (κ3) is 2.40. The van der Waals surface area contributed by atoms with Crippen LogP contribution in [0, 0.1) is 21.4 Å². The predicted octanol–water partition coefficient (Wildman–Crippen LogP) is 2.40. The highest BCUT2D eigenvalue weighted by molar-refractivity contribution is 5.65. The summed E-state index contributed by atoms with van der Waals surface area (Å²) in [6.45, 7) is 0.932. The number of benzene rings is 1. The highest BCUT2D eigenvalue weighted by Gasteiger charge is 2.24. The van der Waals surface area contributed by atoms with Crippen LogP contribution in [0.1, 0.15) is 18.4 Å². The van der Waals surface area contributed by atoms with Crippen LogP contribution in [-0.2, 0) is 0 Å². The minimum atomic E-state index is -0.821. The van der Waals surface area contributed by atoms with Crippen molar-refractivity contribution < 1.29 is 9.31 Å². The van der Waals surface area contributed by atoms with E-state index in [4.69, 9.17) is 5.26 Å². The van der Waals surface area contributed by atoms with Gasteiger partial charge in [0, 0.05) is 19.2 Å². The van der Waals surface area contributed by atoms with E-state index in [0.717, 1.165) is 0 Å². The Morgan fingerprint density at radius 1 is 1.44 bits per heavy atom. The lowest BCUT2D eigenvalue weighted by molar-refractivity contribution is -0.384. The largest absolute Gasteiger partial charge is 0.366 e. The van der Waals surface area contributed by atoms with Crippen molar-refractivity contribution in [1.82, 2.24) is 0 Å². The standard InChI is InChI=1S/C12H12FN3O2/c13-10-3-5-15(6-4-10)11-2-1-9(8-14)7-12(11)16(17)18/h1-2,7,10H,3-6H2. The Morgan fingerprint density at radius 3 is 2.67 bits per heavy atom. The highest BCUT2D eigenvalue weighted by Crippen LogP contribution is 2.31. The molecule has 5 nitrogen and oxygen atoms in total. The average Bonchev–Trinajstić information content (AvgIpc) is 2.39. The monoisotopic (exact) mass is 249 g/mol. The van der Waals surface area contributed by atoms with E-state index >= 15 is 0 Å². The van der Waals surface area contributed by atoms with Gasteiger partial charge in [-0.25, -0.2) is 4.39 Å².